The van der Waals surface area contributed by atoms with Gasteiger partial charge < -0.3 is 14.2 Å². The van der Waals surface area contributed by atoms with Gasteiger partial charge in [0.25, 0.3) is 5.69 Å². The van der Waals surface area contributed by atoms with Crippen molar-refractivity contribution in [2.24, 2.45) is 0 Å². The lowest BCUT2D eigenvalue weighted by molar-refractivity contribution is 0.181. The first kappa shape index (κ1) is 12.4. The van der Waals surface area contributed by atoms with E-state index in [-0.39, 0.29) is 6.61 Å². The molecule has 0 aliphatic rings. The minimum Gasteiger partial charge on any atom is -0.458 e. The Labute approximate surface area is 80.5 Å². The van der Waals surface area contributed by atoms with Gasteiger partial charge >= 0.3 is 5.30 Å². The minimum absolute atomic E-state index is 0.271. The standard InChI is InChI=1S/C5H11O4PS2/c1-3-8-5(6)12-10(7,11)9-4-2/h3-4H2,1-2H3,(H,7,11). The lowest BCUT2D eigenvalue weighted by Gasteiger charge is -2.11. The lowest BCUT2D eigenvalue weighted by Crippen LogP contribution is -1.96. The Balaban J connectivity index is 3.88. The van der Waals surface area contributed by atoms with Gasteiger partial charge in [-0.1, -0.05) is 0 Å². The number of ether oxygens (including phenoxy) is 1. The Kier molecular flexibility index (Phi) is 6.13. The molecule has 0 fully saturated rings. The molecule has 0 spiro atoms. The van der Waals surface area contributed by atoms with Crippen LogP contribution in [-0.2, 0) is 21.1 Å². The Morgan fingerprint density at radius 1 is 1.58 bits per heavy atom. The van der Waals surface area contributed by atoms with Crippen LogP contribution in [0.2, 0.25) is 0 Å². The molecule has 7 heteroatoms. The van der Waals surface area contributed by atoms with Crippen LogP contribution in [0.25, 0.3) is 0 Å². The minimum atomic E-state index is -3.00. The molecule has 72 valence electrons. The van der Waals surface area contributed by atoms with Gasteiger partial charge in [0.15, 0.2) is 0 Å². The Morgan fingerprint density at radius 2 is 2.17 bits per heavy atom. The van der Waals surface area contributed by atoms with Crippen molar-refractivity contribution in [3.63, 3.8) is 0 Å². The van der Waals surface area contributed by atoms with Crippen molar-refractivity contribution in [2.75, 3.05) is 13.2 Å². The predicted molar refractivity (Wildman–Crippen MR) is 52.7 cm³/mol. The van der Waals surface area contributed by atoms with E-state index in [1.165, 1.54) is 0 Å². The highest BCUT2D eigenvalue weighted by Crippen LogP contribution is 2.56. The highest BCUT2D eigenvalue weighted by molar-refractivity contribution is 8.73. The molecule has 0 aromatic heterocycles. The molecule has 0 bridgehead atoms. The monoisotopic (exact) mass is 230 g/mol. The maximum absolute atomic E-state index is 10.8. The largest absolute Gasteiger partial charge is 0.458 e. The smallest absolute Gasteiger partial charge is 0.376 e. The van der Waals surface area contributed by atoms with Crippen LogP contribution in [-0.4, -0.2) is 23.4 Å². The molecular weight excluding hydrogens is 219 g/mol. The Hall–Kier alpha value is 0.390. The van der Waals surface area contributed by atoms with Crippen molar-refractivity contribution in [1.29, 1.82) is 0 Å². The summed E-state index contributed by atoms with van der Waals surface area (Å²) in [6.45, 7) is 3.94. The van der Waals surface area contributed by atoms with Gasteiger partial charge in [0.1, 0.15) is 0 Å². The molecule has 1 unspecified atom stereocenters. The molecule has 4 nitrogen and oxygen atoms in total. The molecule has 0 saturated heterocycles. The molecular formula is C5H11O4PS2. The molecule has 0 aromatic carbocycles. The van der Waals surface area contributed by atoms with Gasteiger partial charge in [-0.15, -0.1) is 0 Å². The first-order valence-corrected chi connectivity index (χ1v) is 7.45. The van der Waals surface area contributed by atoms with Crippen molar-refractivity contribution in [3.05, 3.63) is 0 Å². The summed E-state index contributed by atoms with van der Waals surface area (Å²) in [5.74, 6) is 0. The highest BCUT2D eigenvalue weighted by Gasteiger charge is 2.20. The van der Waals surface area contributed by atoms with Crippen LogP contribution in [0.1, 0.15) is 13.8 Å². The lowest BCUT2D eigenvalue weighted by atomic mass is 10.9. The fourth-order valence-electron chi connectivity index (χ4n) is 0.428. The summed E-state index contributed by atoms with van der Waals surface area (Å²) >= 11 is 5.19. The van der Waals surface area contributed by atoms with E-state index in [0.29, 0.717) is 18.0 Å². The molecule has 0 aromatic rings. The van der Waals surface area contributed by atoms with Gasteiger partial charge in [0.05, 0.1) is 13.2 Å². The summed E-state index contributed by atoms with van der Waals surface area (Å²) in [7, 11) is 0. The predicted octanol–water partition coefficient (Wildman–Crippen LogP) is 2.13. The first-order valence-electron chi connectivity index (χ1n) is 3.35. The Morgan fingerprint density at radius 3 is 2.58 bits per heavy atom. The summed E-state index contributed by atoms with van der Waals surface area (Å²) in [5.41, 5.74) is -3.00. The second kappa shape index (κ2) is 5.94. The van der Waals surface area contributed by atoms with Crippen LogP contribution in [0, 0.1) is 0 Å². The quantitative estimate of drug-likeness (QED) is 0.589. The van der Waals surface area contributed by atoms with E-state index >= 15 is 0 Å². The van der Waals surface area contributed by atoms with Gasteiger partial charge in [-0.05, 0) is 25.7 Å². The topological polar surface area (TPSA) is 55.8 Å². The number of carbonyl (C=O) groups is 1. The number of hydrogen-bond donors (Lipinski definition) is 1. The summed E-state index contributed by atoms with van der Waals surface area (Å²) in [4.78, 5) is 20.1. The summed E-state index contributed by atoms with van der Waals surface area (Å²) < 4.78 is 9.36. The van der Waals surface area contributed by atoms with Crippen LogP contribution in [0.5, 0.6) is 0 Å². The van der Waals surface area contributed by atoms with E-state index in [1.807, 2.05) is 0 Å². The number of hydrogen-bond acceptors (Lipinski definition) is 5. The molecule has 0 saturated carbocycles. The van der Waals surface area contributed by atoms with E-state index in [0.717, 1.165) is 0 Å². The number of rotatable bonds is 4. The van der Waals surface area contributed by atoms with E-state index in [9.17, 15) is 9.69 Å². The van der Waals surface area contributed by atoms with E-state index in [1.54, 1.807) is 13.8 Å². The molecule has 1 atom stereocenters. The molecule has 0 amide bonds. The summed E-state index contributed by atoms with van der Waals surface area (Å²) in [6.07, 6.45) is 0. The first-order chi connectivity index (χ1) is 5.52. The summed E-state index contributed by atoms with van der Waals surface area (Å²) in [6, 6.07) is 0. The third-order valence-corrected chi connectivity index (χ3v) is 4.27. The maximum Gasteiger partial charge on any atom is 0.376 e. The molecule has 1 N–H and O–H groups in total. The fourth-order valence-corrected chi connectivity index (χ4v) is 3.23. The van der Waals surface area contributed by atoms with Crippen molar-refractivity contribution in [1.82, 2.24) is 0 Å². The zero-order chi connectivity index (χ0) is 9.61. The zero-order valence-corrected chi connectivity index (χ0v) is 9.38. The second-order valence-electron chi connectivity index (χ2n) is 1.66. The SMILES string of the molecule is CCOC(=O)SP(O)(=S)OCC. The molecule has 0 radical (unpaired) electrons. The van der Waals surface area contributed by atoms with Crippen molar-refractivity contribution in [2.45, 2.75) is 13.8 Å². The van der Waals surface area contributed by atoms with E-state index in [2.05, 4.69) is 16.5 Å². The van der Waals surface area contributed by atoms with E-state index in [4.69, 9.17) is 4.52 Å². The zero-order valence-electron chi connectivity index (χ0n) is 6.85. The third kappa shape index (κ3) is 5.97. The average molecular weight is 230 g/mol. The second-order valence-corrected chi connectivity index (χ2v) is 7.58. The van der Waals surface area contributed by atoms with Gasteiger partial charge in [0, 0.05) is 11.4 Å². The van der Waals surface area contributed by atoms with Crippen molar-refractivity contribution in [3.8, 4) is 0 Å². The normalized spacial score (nSPS) is 15.2. The molecule has 0 aliphatic heterocycles. The fraction of sp³-hybridized carbons (Fsp3) is 0.800. The summed E-state index contributed by atoms with van der Waals surface area (Å²) in [5, 5.41) is -0.586. The maximum atomic E-state index is 10.8. The molecule has 12 heavy (non-hydrogen) atoms. The van der Waals surface area contributed by atoms with Crippen LogP contribution < -0.4 is 0 Å². The average Bonchev–Trinajstić information content (AvgIpc) is 1.85. The van der Waals surface area contributed by atoms with Crippen molar-refractivity contribution >= 4 is 34.2 Å². The Bertz CT molecular complexity index is 196. The number of carbonyl (C=O) groups excluding carboxylic acids is 1. The molecule has 0 aliphatic carbocycles. The van der Waals surface area contributed by atoms with Gasteiger partial charge in [-0.2, -0.15) is 0 Å². The van der Waals surface area contributed by atoms with E-state index < -0.39 is 11.0 Å². The molecule has 0 rings (SSSR count). The van der Waals surface area contributed by atoms with Crippen LogP contribution >= 0.6 is 17.1 Å². The van der Waals surface area contributed by atoms with Crippen LogP contribution in [0.15, 0.2) is 0 Å². The highest BCUT2D eigenvalue weighted by atomic mass is 32.9. The van der Waals surface area contributed by atoms with Crippen molar-refractivity contribution < 1.29 is 18.9 Å². The van der Waals surface area contributed by atoms with Crippen LogP contribution in [0.3, 0.4) is 0 Å². The van der Waals surface area contributed by atoms with Gasteiger partial charge in [-0.25, -0.2) is 4.79 Å². The van der Waals surface area contributed by atoms with Gasteiger partial charge in [-0.3, -0.25) is 0 Å². The molecule has 0 heterocycles. The third-order valence-electron chi connectivity index (χ3n) is 0.744. The van der Waals surface area contributed by atoms with Gasteiger partial charge in [0.2, 0.25) is 0 Å². The van der Waals surface area contributed by atoms with Crippen LogP contribution in [0.4, 0.5) is 4.79 Å².